The van der Waals surface area contributed by atoms with Crippen LogP contribution in [0.15, 0.2) is 18.5 Å². The number of hydrogen-bond donors (Lipinski definition) is 2. The van der Waals surface area contributed by atoms with Gasteiger partial charge in [-0.2, -0.15) is 5.10 Å². The van der Waals surface area contributed by atoms with Crippen molar-refractivity contribution in [3.63, 3.8) is 0 Å². The van der Waals surface area contributed by atoms with Crippen molar-refractivity contribution in [2.75, 3.05) is 25.5 Å². The molecule has 2 fully saturated rings. The van der Waals surface area contributed by atoms with Crippen LogP contribution in [0.3, 0.4) is 0 Å². The Labute approximate surface area is 169 Å². The Hall–Kier alpha value is -2.95. The third-order valence-electron chi connectivity index (χ3n) is 5.56. The highest BCUT2D eigenvalue weighted by molar-refractivity contribution is 5.62. The molecule has 0 bridgehead atoms. The third kappa shape index (κ3) is 3.32. The molecule has 0 spiro atoms. The lowest BCUT2D eigenvalue weighted by molar-refractivity contribution is -0.0881. The van der Waals surface area contributed by atoms with Crippen LogP contribution in [0.4, 0.5) is 19.1 Å². The highest BCUT2D eigenvalue weighted by atomic mass is 19.3. The fraction of sp³-hybridized carbons (Fsp3) is 0.474. The molecule has 1 saturated heterocycles. The fourth-order valence-corrected chi connectivity index (χ4v) is 3.95. The molecule has 0 aromatic carbocycles. The van der Waals surface area contributed by atoms with E-state index in [-0.39, 0.29) is 24.6 Å². The van der Waals surface area contributed by atoms with Crippen LogP contribution in [-0.2, 0) is 0 Å². The molecule has 1 saturated carbocycles. The van der Waals surface area contributed by atoms with E-state index in [2.05, 4.69) is 30.7 Å². The highest BCUT2D eigenvalue weighted by Crippen LogP contribution is 2.49. The number of nitrogens with one attached hydrogen (secondary N) is 2. The summed E-state index contributed by atoms with van der Waals surface area (Å²) in [5.41, 5.74) is 1.16. The predicted molar refractivity (Wildman–Crippen MR) is 102 cm³/mol. The molecule has 0 amide bonds. The quantitative estimate of drug-likeness (QED) is 0.657. The summed E-state index contributed by atoms with van der Waals surface area (Å²) in [6, 6.07) is 1.78. The Bertz CT molecular complexity index is 1090. The smallest absolute Gasteiger partial charge is 0.249 e. The third-order valence-corrected chi connectivity index (χ3v) is 5.56. The second-order valence-electron chi connectivity index (χ2n) is 7.70. The van der Waals surface area contributed by atoms with Gasteiger partial charge in [-0.25, -0.2) is 32.6 Å². The summed E-state index contributed by atoms with van der Waals surface area (Å²) in [6.45, 7) is 1.68. The van der Waals surface area contributed by atoms with Gasteiger partial charge in [-0.3, -0.25) is 0 Å². The van der Waals surface area contributed by atoms with Crippen LogP contribution in [0.1, 0.15) is 30.9 Å². The van der Waals surface area contributed by atoms with E-state index in [4.69, 9.17) is 4.74 Å². The van der Waals surface area contributed by atoms with Crippen molar-refractivity contribution in [3.8, 4) is 17.1 Å². The lowest BCUT2D eigenvalue weighted by atomic mass is 9.79. The Morgan fingerprint density at radius 2 is 2.10 bits per heavy atom. The summed E-state index contributed by atoms with van der Waals surface area (Å²) < 4.78 is 48.2. The Morgan fingerprint density at radius 3 is 2.80 bits per heavy atom. The molecule has 3 aromatic rings. The van der Waals surface area contributed by atoms with Crippen LogP contribution in [0.5, 0.6) is 5.75 Å². The SMILES string of the molecule is COc1cc2ncc(-c3nc(NC4CCNC4)ncc3F)n2nc1C1CC(F)(F)C1. The van der Waals surface area contributed by atoms with Crippen molar-refractivity contribution in [2.45, 2.75) is 37.1 Å². The van der Waals surface area contributed by atoms with Crippen LogP contribution >= 0.6 is 0 Å². The highest BCUT2D eigenvalue weighted by Gasteiger charge is 2.47. The van der Waals surface area contributed by atoms with Gasteiger partial charge in [0, 0.05) is 37.4 Å². The second-order valence-corrected chi connectivity index (χ2v) is 7.70. The summed E-state index contributed by atoms with van der Waals surface area (Å²) in [5, 5.41) is 10.9. The maximum Gasteiger partial charge on any atom is 0.249 e. The molecule has 0 radical (unpaired) electrons. The first-order chi connectivity index (χ1) is 14.4. The molecule has 1 unspecified atom stereocenters. The standard InChI is InChI=1S/C19H20F3N7O/c1-30-14-4-15-24-9-13(29(15)28-16(14)10-5-19(21,22)6-10)17-12(20)8-25-18(27-17)26-11-2-3-23-7-11/h4,8-11,23H,2-3,5-7H2,1H3,(H,25,26,27). The average Bonchev–Trinajstić information content (AvgIpc) is 3.36. The first kappa shape index (κ1) is 19.0. The summed E-state index contributed by atoms with van der Waals surface area (Å²) in [5.74, 6) is -3.06. The molecule has 11 heteroatoms. The van der Waals surface area contributed by atoms with E-state index in [0.29, 0.717) is 28.7 Å². The normalized spacial score (nSPS) is 21.0. The van der Waals surface area contributed by atoms with Crippen molar-refractivity contribution >= 4 is 11.6 Å². The van der Waals surface area contributed by atoms with Gasteiger partial charge >= 0.3 is 0 Å². The monoisotopic (exact) mass is 419 g/mol. The number of imidazole rings is 1. The molecule has 1 atom stereocenters. The largest absolute Gasteiger partial charge is 0.495 e. The number of rotatable bonds is 5. The minimum Gasteiger partial charge on any atom is -0.495 e. The number of nitrogens with zero attached hydrogens (tertiary/aromatic N) is 5. The molecular weight excluding hydrogens is 399 g/mol. The first-order valence-electron chi connectivity index (χ1n) is 9.74. The first-order valence-corrected chi connectivity index (χ1v) is 9.74. The molecular formula is C19H20F3N7O. The van der Waals surface area contributed by atoms with E-state index in [9.17, 15) is 13.2 Å². The van der Waals surface area contributed by atoms with E-state index in [1.54, 1.807) is 6.07 Å². The molecule has 4 heterocycles. The summed E-state index contributed by atoms with van der Waals surface area (Å²) in [6.07, 6.45) is 2.88. The van der Waals surface area contributed by atoms with Crippen molar-refractivity contribution in [1.29, 1.82) is 0 Å². The lowest BCUT2D eigenvalue weighted by Crippen LogP contribution is -2.34. The summed E-state index contributed by atoms with van der Waals surface area (Å²) in [7, 11) is 1.46. The zero-order chi connectivity index (χ0) is 20.9. The summed E-state index contributed by atoms with van der Waals surface area (Å²) >= 11 is 0. The number of alkyl halides is 2. The molecule has 1 aliphatic carbocycles. The summed E-state index contributed by atoms with van der Waals surface area (Å²) in [4.78, 5) is 12.6. The van der Waals surface area contributed by atoms with E-state index in [1.807, 2.05) is 0 Å². The van der Waals surface area contributed by atoms with E-state index >= 15 is 0 Å². The van der Waals surface area contributed by atoms with Crippen LogP contribution in [0.25, 0.3) is 17.0 Å². The topological polar surface area (TPSA) is 89.3 Å². The van der Waals surface area contributed by atoms with Crippen LogP contribution < -0.4 is 15.4 Å². The van der Waals surface area contributed by atoms with E-state index < -0.39 is 17.7 Å². The number of halogens is 3. The average molecular weight is 419 g/mol. The van der Waals surface area contributed by atoms with Gasteiger partial charge in [0.15, 0.2) is 11.5 Å². The zero-order valence-electron chi connectivity index (χ0n) is 16.2. The van der Waals surface area contributed by atoms with Gasteiger partial charge in [0.25, 0.3) is 0 Å². The van der Waals surface area contributed by atoms with Crippen molar-refractivity contribution in [1.82, 2.24) is 29.9 Å². The zero-order valence-corrected chi connectivity index (χ0v) is 16.2. The van der Waals surface area contributed by atoms with Gasteiger partial charge < -0.3 is 15.4 Å². The van der Waals surface area contributed by atoms with Gasteiger partial charge in [0.2, 0.25) is 11.9 Å². The lowest BCUT2D eigenvalue weighted by Gasteiger charge is -2.34. The molecule has 30 heavy (non-hydrogen) atoms. The maximum atomic E-state index is 14.6. The van der Waals surface area contributed by atoms with Crippen molar-refractivity contribution < 1.29 is 17.9 Å². The Morgan fingerprint density at radius 1 is 1.27 bits per heavy atom. The van der Waals surface area contributed by atoms with Crippen LogP contribution in [-0.4, -0.2) is 56.7 Å². The Balaban J connectivity index is 1.54. The van der Waals surface area contributed by atoms with Crippen molar-refractivity contribution in [3.05, 3.63) is 30.0 Å². The van der Waals surface area contributed by atoms with Crippen molar-refractivity contribution in [2.24, 2.45) is 0 Å². The molecule has 2 N–H and O–H groups in total. The number of methoxy groups -OCH3 is 1. The number of aromatic nitrogens is 5. The minimum atomic E-state index is -2.70. The number of hydrogen-bond acceptors (Lipinski definition) is 7. The number of fused-ring (bicyclic) bond motifs is 1. The fourth-order valence-electron chi connectivity index (χ4n) is 3.95. The molecule has 2 aliphatic rings. The van der Waals surface area contributed by atoms with Crippen LogP contribution in [0.2, 0.25) is 0 Å². The predicted octanol–water partition coefficient (Wildman–Crippen LogP) is 2.62. The van der Waals surface area contributed by atoms with Gasteiger partial charge in [0.1, 0.15) is 22.8 Å². The molecule has 3 aromatic heterocycles. The van der Waals surface area contributed by atoms with Gasteiger partial charge in [-0.15, -0.1) is 0 Å². The Kier molecular flexibility index (Phi) is 4.49. The van der Waals surface area contributed by atoms with E-state index in [1.165, 1.54) is 17.8 Å². The molecule has 8 nitrogen and oxygen atoms in total. The second kappa shape index (κ2) is 7.08. The number of ether oxygens (including phenoxy) is 1. The molecule has 158 valence electrons. The minimum absolute atomic E-state index is 0.0357. The molecule has 5 rings (SSSR count). The van der Waals surface area contributed by atoms with Crippen LogP contribution in [0, 0.1) is 5.82 Å². The van der Waals surface area contributed by atoms with Gasteiger partial charge in [0.05, 0.1) is 19.5 Å². The van der Waals surface area contributed by atoms with Gasteiger partial charge in [-0.1, -0.05) is 0 Å². The number of anilines is 1. The van der Waals surface area contributed by atoms with Gasteiger partial charge in [-0.05, 0) is 13.0 Å². The maximum absolute atomic E-state index is 14.6. The molecule has 1 aliphatic heterocycles. The van der Waals surface area contributed by atoms with E-state index in [0.717, 1.165) is 25.7 Å².